The van der Waals surface area contributed by atoms with Crippen LogP contribution in [0.5, 0.6) is 5.75 Å². The first-order valence-corrected chi connectivity index (χ1v) is 7.55. The van der Waals surface area contributed by atoms with Crippen LogP contribution in [0.2, 0.25) is 0 Å². The van der Waals surface area contributed by atoms with Gasteiger partial charge in [0, 0.05) is 24.2 Å². The van der Waals surface area contributed by atoms with E-state index in [4.69, 9.17) is 16.2 Å². The average molecular weight is 305 g/mol. The van der Waals surface area contributed by atoms with Gasteiger partial charge in [0.1, 0.15) is 5.75 Å². The summed E-state index contributed by atoms with van der Waals surface area (Å²) in [5.41, 5.74) is 11.5. The number of carbonyl (C=O) groups is 2. The summed E-state index contributed by atoms with van der Waals surface area (Å²) in [7, 11) is 0. The van der Waals surface area contributed by atoms with Crippen molar-refractivity contribution in [1.29, 1.82) is 0 Å². The largest absolute Gasteiger partial charge is 0.493 e. The molecule has 0 aromatic heterocycles. The summed E-state index contributed by atoms with van der Waals surface area (Å²) in [5.74, 6) is 0.114. The molecule has 1 aliphatic rings. The Hall–Kier alpha value is -2.08. The molecule has 22 heavy (non-hydrogen) atoms. The summed E-state index contributed by atoms with van der Waals surface area (Å²) in [6, 6.07) is 7.00. The van der Waals surface area contributed by atoms with E-state index in [2.05, 4.69) is 0 Å². The molecule has 0 saturated carbocycles. The molecule has 1 aliphatic heterocycles. The highest BCUT2D eigenvalue weighted by Gasteiger charge is 2.26. The second-order valence-electron chi connectivity index (χ2n) is 5.71. The van der Waals surface area contributed by atoms with Gasteiger partial charge in [0.15, 0.2) is 0 Å². The molecule has 0 aliphatic carbocycles. The topological polar surface area (TPSA) is 98.7 Å². The number of rotatable bonds is 5. The smallest absolute Gasteiger partial charge is 0.248 e. The van der Waals surface area contributed by atoms with Crippen molar-refractivity contribution < 1.29 is 14.3 Å². The molecule has 0 unspecified atom stereocenters. The Bertz CT molecular complexity index is 547. The van der Waals surface area contributed by atoms with Crippen LogP contribution in [0, 0.1) is 0 Å². The number of likely N-dealkylation sites (tertiary alicyclic amines) is 1. The number of nitrogens with zero attached hydrogens (tertiary/aromatic N) is 1. The highest BCUT2D eigenvalue weighted by molar-refractivity contribution is 5.93. The van der Waals surface area contributed by atoms with E-state index in [1.165, 1.54) is 0 Å². The average Bonchev–Trinajstić information content (AvgIpc) is 2.47. The zero-order valence-corrected chi connectivity index (χ0v) is 12.8. The lowest BCUT2D eigenvalue weighted by Crippen LogP contribution is -2.48. The van der Waals surface area contributed by atoms with E-state index in [0.29, 0.717) is 24.3 Å². The van der Waals surface area contributed by atoms with Gasteiger partial charge in [-0.05, 0) is 38.0 Å². The fourth-order valence-corrected chi connectivity index (χ4v) is 2.72. The van der Waals surface area contributed by atoms with E-state index < -0.39 is 5.91 Å². The fraction of sp³-hybridized carbons (Fsp3) is 0.500. The molecule has 0 radical (unpaired) electrons. The van der Waals surface area contributed by atoms with Crippen molar-refractivity contribution in [2.45, 2.75) is 38.3 Å². The lowest BCUT2D eigenvalue weighted by Gasteiger charge is -2.36. The number of carbonyl (C=O) groups excluding carboxylic acids is 2. The van der Waals surface area contributed by atoms with Gasteiger partial charge in [-0.25, -0.2) is 0 Å². The minimum absolute atomic E-state index is 0.0745. The summed E-state index contributed by atoms with van der Waals surface area (Å²) >= 11 is 0. The van der Waals surface area contributed by atoms with Crippen molar-refractivity contribution >= 4 is 11.8 Å². The van der Waals surface area contributed by atoms with Crippen LogP contribution in [0.1, 0.15) is 36.5 Å². The predicted octanol–water partition coefficient (Wildman–Crippen LogP) is 0.893. The number of hydrogen-bond acceptors (Lipinski definition) is 4. The SMILES string of the molecule is C[C@@H]1C[C@H](N)CCN1C(=O)CCOc1cccc(C(N)=O)c1. The van der Waals surface area contributed by atoms with Crippen molar-refractivity contribution in [3.8, 4) is 5.75 Å². The number of hydrogen-bond donors (Lipinski definition) is 2. The van der Waals surface area contributed by atoms with E-state index >= 15 is 0 Å². The van der Waals surface area contributed by atoms with Crippen LogP contribution >= 0.6 is 0 Å². The number of nitrogens with two attached hydrogens (primary N) is 2. The molecular weight excluding hydrogens is 282 g/mol. The number of benzene rings is 1. The minimum Gasteiger partial charge on any atom is -0.493 e. The summed E-state index contributed by atoms with van der Waals surface area (Å²) in [5, 5.41) is 0. The van der Waals surface area contributed by atoms with Crippen LogP contribution in [0.15, 0.2) is 24.3 Å². The van der Waals surface area contributed by atoms with Gasteiger partial charge in [-0.3, -0.25) is 9.59 Å². The monoisotopic (exact) mass is 305 g/mol. The number of ether oxygens (including phenoxy) is 1. The summed E-state index contributed by atoms with van der Waals surface area (Å²) < 4.78 is 5.53. The molecule has 2 rings (SSSR count). The molecule has 2 amide bonds. The molecule has 1 saturated heterocycles. The van der Waals surface area contributed by atoms with Crippen LogP contribution in [0.25, 0.3) is 0 Å². The molecule has 4 N–H and O–H groups in total. The third kappa shape index (κ3) is 4.21. The minimum atomic E-state index is -0.500. The van der Waals surface area contributed by atoms with Crippen molar-refractivity contribution in [1.82, 2.24) is 4.90 Å². The lowest BCUT2D eigenvalue weighted by molar-refractivity contribution is -0.135. The van der Waals surface area contributed by atoms with Crippen LogP contribution < -0.4 is 16.2 Å². The van der Waals surface area contributed by atoms with E-state index in [1.807, 2.05) is 11.8 Å². The second-order valence-corrected chi connectivity index (χ2v) is 5.71. The highest BCUT2D eigenvalue weighted by atomic mass is 16.5. The Labute approximate surface area is 130 Å². The van der Waals surface area contributed by atoms with E-state index in [9.17, 15) is 9.59 Å². The highest BCUT2D eigenvalue weighted by Crippen LogP contribution is 2.17. The van der Waals surface area contributed by atoms with Gasteiger partial charge in [-0.15, -0.1) is 0 Å². The van der Waals surface area contributed by atoms with Gasteiger partial charge in [0.25, 0.3) is 0 Å². The Morgan fingerprint density at radius 3 is 2.86 bits per heavy atom. The van der Waals surface area contributed by atoms with Gasteiger partial charge in [-0.1, -0.05) is 6.07 Å². The number of primary amides is 1. The third-order valence-corrected chi connectivity index (χ3v) is 3.94. The standard InChI is InChI=1S/C16H23N3O3/c1-11-9-13(17)5-7-19(11)15(20)6-8-22-14-4-2-3-12(10-14)16(18)21/h2-4,10-11,13H,5-9,17H2,1H3,(H2,18,21)/t11-,13-/m1/s1. The number of amides is 2. The molecule has 1 heterocycles. The molecule has 0 bridgehead atoms. The van der Waals surface area contributed by atoms with Crippen LogP contribution in [-0.4, -0.2) is 41.9 Å². The molecule has 1 fully saturated rings. The Morgan fingerprint density at radius 1 is 1.41 bits per heavy atom. The summed E-state index contributed by atoms with van der Waals surface area (Å²) in [4.78, 5) is 25.2. The zero-order valence-electron chi connectivity index (χ0n) is 12.8. The maximum Gasteiger partial charge on any atom is 0.248 e. The molecule has 6 heteroatoms. The maximum atomic E-state index is 12.2. The van der Waals surface area contributed by atoms with Gasteiger partial charge >= 0.3 is 0 Å². The molecule has 2 atom stereocenters. The van der Waals surface area contributed by atoms with E-state index in [1.54, 1.807) is 24.3 Å². The molecule has 1 aromatic rings. The van der Waals surface area contributed by atoms with E-state index in [-0.39, 0.29) is 24.6 Å². The van der Waals surface area contributed by atoms with Gasteiger partial charge in [0.2, 0.25) is 11.8 Å². The Balaban J connectivity index is 1.82. The summed E-state index contributed by atoms with van der Waals surface area (Å²) in [6.07, 6.45) is 1.99. The van der Waals surface area contributed by atoms with Crippen LogP contribution in [0.4, 0.5) is 0 Å². The van der Waals surface area contributed by atoms with Gasteiger partial charge in [-0.2, -0.15) is 0 Å². The zero-order chi connectivity index (χ0) is 16.1. The second kappa shape index (κ2) is 7.26. The quantitative estimate of drug-likeness (QED) is 0.844. The molecular formula is C16H23N3O3. The maximum absolute atomic E-state index is 12.2. The van der Waals surface area contributed by atoms with Crippen molar-refractivity contribution in [2.24, 2.45) is 11.5 Å². The van der Waals surface area contributed by atoms with Gasteiger partial charge in [0.05, 0.1) is 13.0 Å². The molecule has 0 spiro atoms. The molecule has 120 valence electrons. The van der Waals surface area contributed by atoms with Crippen molar-refractivity contribution in [3.05, 3.63) is 29.8 Å². The Kier molecular flexibility index (Phi) is 5.38. The first-order chi connectivity index (χ1) is 10.5. The van der Waals surface area contributed by atoms with Crippen LogP contribution in [-0.2, 0) is 4.79 Å². The first kappa shape index (κ1) is 16.3. The van der Waals surface area contributed by atoms with Crippen molar-refractivity contribution in [2.75, 3.05) is 13.2 Å². The summed E-state index contributed by atoms with van der Waals surface area (Å²) in [6.45, 7) is 3.00. The molecule has 6 nitrogen and oxygen atoms in total. The fourth-order valence-electron chi connectivity index (χ4n) is 2.72. The normalized spacial score (nSPS) is 21.5. The lowest BCUT2D eigenvalue weighted by atomic mass is 9.99. The molecule has 1 aromatic carbocycles. The van der Waals surface area contributed by atoms with E-state index in [0.717, 1.165) is 12.8 Å². The number of piperidine rings is 1. The third-order valence-electron chi connectivity index (χ3n) is 3.94. The van der Waals surface area contributed by atoms with Gasteiger partial charge < -0.3 is 21.1 Å². The predicted molar refractivity (Wildman–Crippen MR) is 83.5 cm³/mol. The Morgan fingerprint density at radius 2 is 2.18 bits per heavy atom. The van der Waals surface area contributed by atoms with Crippen LogP contribution in [0.3, 0.4) is 0 Å². The first-order valence-electron chi connectivity index (χ1n) is 7.55. The van der Waals surface area contributed by atoms with Crippen molar-refractivity contribution in [3.63, 3.8) is 0 Å².